The first-order chi connectivity index (χ1) is 25.9. The Kier molecular flexibility index (Phi) is 8.67. The van der Waals surface area contributed by atoms with Crippen molar-refractivity contribution in [2.24, 2.45) is 23.7 Å². The molecular formula is C39H29Cl3N4O8. The van der Waals surface area contributed by atoms with Gasteiger partial charge in [-0.15, -0.1) is 0 Å². The van der Waals surface area contributed by atoms with E-state index in [1.807, 2.05) is 6.08 Å². The first kappa shape index (κ1) is 35.6. The van der Waals surface area contributed by atoms with Gasteiger partial charge in [-0.3, -0.25) is 39.6 Å². The van der Waals surface area contributed by atoms with Gasteiger partial charge in [-0.05, 0) is 84.5 Å². The molecule has 3 fully saturated rings. The van der Waals surface area contributed by atoms with Crippen LogP contribution in [0.15, 0.2) is 96.6 Å². The Balaban J connectivity index is 1.31. The molecule has 0 radical (unpaired) electrons. The van der Waals surface area contributed by atoms with E-state index in [0.29, 0.717) is 27.5 Å². The lowest BCUT2D eigenvalue weighted by Crippen LogP contribution is -2.53. The van der Waals surface area contributed by atoms with E-state index < -0.39 is 63.6 Å². The number of nitro groups is 1. The van der Waals surface area contributed by atoms with Crippen molar-refractivity contribution in [1.29, 1.82) is 0 Å². The average Bonchev–Trinajstić information content (AvgIpc) is 3.53. The molecule has 4 aromatic rings. The Morgan fingerprint density at radius 2 is 1.59 bits per heavy atom. The maximum absolute atomic E-state index is 15.3. The van der Waals surface area contributed by atoms with E-state index in [2.05, 4.69) is 5.43 Å². The third-order valence-corrected chi connectivity index (χ3v) is 12.1. The number of halogens is 3. The summed E-state index contributed by atoms with van der Waals surface area (Å²) in [5.41, 5.74) is 3.10. The topological polar surface area (TPSA) is 159 Å². The summed E-state index contributed by atoms with van der Waals surface area (Å²) in [6, 6.07) is 21.0. The number of phenols is 1. The summed E-state index contributed by atoms with van der Waals surface area (Å²) in [4.78, 5) is 70.5. The number of nitrogens with zero attached hydrogens (tertiary/aromatic N) is 3. The number of fused-ring (bicyclic) bond motifs is 4. The number of rotatable bonds is 7. The maximum Gasteiger partial charge on any atom is 0.269 e. The fourth-order valence-corrected chi connectivity index (χ4v) is 9.65. The molecule has 4 aromatic carbocycles. The summed E-state index contributed by atoms with van der Waals surface area (Å²) in [6.45, 7) is 0. The van der Waals surface area contributed by atoms with Crippen LogP contribution < -0.4 is 15.1 Å². The minimum absolute atomic E-state index is 0.00938. The number of nitrogens with one attached hydrogen (secondary N) is 1. The van der Waals surface area contributed by atoms with Crippen LogP contribution in [-0.4, -0.2) is 45.8 Å². The molecule has 4 aliphatic rings. The number of aromatic hydroxyl groups is 1. The largest absolute Gasteiger partial charge is 0.508 e. The molecule has 2 N–H and O–H groups in total. The second-order valence-electron chi connectivity index (χ2n) is 13.7. The molecule has 6 unspecified atom stereocenters. The van der Waals surface area contributed by atoms with Crippen LogP contribution >= 0.6 is 34.8 Å². The molecule has 8 rings (SSSR count). The Labute approximate surface area is 323 Å². The minimum atomic E-state index is -1.64. The number of methoxy groups -OCH3 is 1. The third-order valence-electron chi connectivity index (χ3n) is 11.2. The molecule has 2 heterocycles. The van der Waals surface area contributed by atoms with E-state index in [9.17, 15) is 29.6 Å². The van der Waals surface area contributed by atoms with E-state index in [0.717, 1.165) is 9.91 Å². The second-order valence-corrected chi connectivity index (χ2v) is 15.0. The quantitative estimate of drug-likeness (QED) is 0.0839. The van der Waals surface area contributed by atoms with Gasteiger partial charge >= 0.3 is 0 Å². The van der Waals surface area contributed by atoms with Gasteiger partial charge in [0, 0.05) is 28.1 Å². The Bertz CT molecular complexity index is 2320. The molecule has 0 spiro atoms. The molecule has 0 aromatic heterocycles. The number of imide groups is 2. The molecule has 2 aliphatic carbocycles. The third kappa shape index (κ3) is 5.26. The lowest BCUT2D eigenvalue weighted by atomic mass is 9.49. The summed E-state index contributed by atoms with van der Waals surface area (Å²) in [6.07, 6.45) is 2.02. The van der Waals surface area contributed by atoms with Gasteiger partial charge in [0.15, 0.2) is 0 Å². The van der Waals surface area contributed by atoms with Gasteiger partial charge in [-0.2, -0.15) is 5.01 Å². The van der Waals surface area contributed by atoms with Crippen molar-refractivity contribution in [3.05, 3.63) is 133 Å². The summed E-state index contributed by atoms with van der Waals surface area (Å²) >= 11 is 19.6. The highest BCUT2D eigenvalue weighted by atomic mass is 35.5. The molecule has 54 heavy (non-hydrogen) atoms. The molecule has 274 valence electrons. The van der Waals surface area contributed by atoms with Crippen molar-refractivity contribution < 1.29 is 33.9 Å². The van der Waals surface area contributed by atoms with E-state index >= 15 is 4.79 Å². The molecular weight excluding hydrogens is 759 g/mol. The lowest BCUT2D eigenvalue weighted by molar-refractivity contribution is -0.384. The predicted octanol–water partition coefficient (Wildman–Crippen LogP) is 7.46. The predicted molar refractivity (Wildman–Crippen MR) is 199 cm³/mol. The van der Waals surface area contributed by atoms with E-state index in [4.69, 9.17) is 39.5 Å². The summed E-state index contributed by atoms with van der Waals surface area (Å²) in [5, 5.41) is 23.3. The smallest absolute Gasteiger partial charge is 0.269 e. The molecule has 4 amide bonds. The molecule has 12 nitrogen and oxygen atoms in total. The number of anilines is 2. The van der Waals surface area contributed by atoms with E-state index in [1.165, 1.54) is 49.6 Å². The molecule has 2 saturated heterocycles. The van der Waals surface area contributed by atoms with Crippen LogP contribution in [0, 0.1) is 33.8 Å². The summed E-state index contributed by atoms with van der Waals surface area (Å²) in [5.74, 6) is -6.24. The number of carbonyl (C=O) groups excluding carboxylic acids is 4. The van der Waals surface area contributed by atoms with E-state index in [1.54, 1.807) is 42.5 Å². The molecule has 15 heteroatoms. The molecule has 6 atom stereocenters. The Morgan fingerprint density at radius 3 is 2.24 bits per heavy atom. The highest BCUT2D eigenvalue weighted by Gasteiger charge is 2.70. The number of ether oxygens (including phenoxy) is 1. The summed E-state index contributed by atoms with van der Waals surface area (Å²) < 4.78 is 5.43. The fraction of sp³-hybridized carbons (Fsp3) is 0.231. The van der Waals surface area contributed by atoms with Crippen LogP contribution in [0.3, 0.4) is 0 Å². The minimum Gasteiger partial charge on any atom is -0.508 e. The van der Waals surface area contributed by atoms with Gasteiger partial charge in [0.2, 0.25) is 11.8 Å². The van der Waals surface area contributed by atoms with Gasteiger partial charge in [-0.25, -0.2) is 0 Å². The standard InChI is InChI=1S/C39H29Cl3N4O8/c1-54-24-10-2-19(3-11-24)39-29(36(49)45(38(39)51)43-32-15-4-20(40)16-31(32)42)18-28-25(34(39)26-12-9-23(47)17-30(26)41)13-14-27-33(28)37(50)44(35(27)48)21-5-7-22(8-6-21)46(52)53/h2-13,15-17,27-29,33-34,43,47H,14,18H2,1H3. The Hall–Kier alpha value is -5.43. The fourth-order valence-electron chi connectivity index (χ4n) is 8.92. The highest BCUT2D eigenvalue weighted by Crippen LogP contribution is 2.65. The number of hydrogen-bond acceptors (Lipinski definition) is 9. The van der Waals surface area contributed by atoms with Crippen molar-refractivity contribution >= 4 is 75.5 Å². The van der Waals surface area contributed by atoms with Crippen molar-refractivity contribution in [2.75, 3.05) is 17.4 Å². The number of hydrogen-bond donors (Lipinski definition) is 2. The van der Waals surface area contributed by atoms with Crippen molar-refractivity contribution in [3.8, 4) is 11.5 Å². The highest BCUT2D eigenvalue weighted by molar-refractivity contribution is 6.36. The van der Waals surface area contributed by atoms with Crippen LogP contribution in [0.25, 0.3) is 0 Å². The van der Waals surface area contributed by atoms with Crippen molar-refractivity contribution in [1.82, 2.24) is 5.01 Å². The van der Waals surface area contributed by atoms with Gasteiger partial charge < -0.3 is 9.84 Å². The first-order valence-electron chi connectivity index (χ1n) is 16.9. The zero-order valence-electron chi connectivity index (χ0n) is 28.2. The van der Waals surface area contributed by atoms with Gasteiger partial charge in [0.25, 0.3) is 17.5 Å². The number of phenolic OH excluding ortho intramolecular Hbond substituents is 1. The number of non-ortho nitro benzene ring substituents is 1. The normalized spacial score (nSPS) is 25.9. The first-order valence-corrected chi connectivity index (χ1v) is 18.1. The van der Waals surface area contributed by atoms with Crippen LogP contribution in [0.5, 0.6) is 11.5 Å². The molecule has 2 aliphatic heterocycles. The molecule has 0 bridgehead atoms. The lowest BCUT2D eigenvalue weighted by Gasteiger charge is -2.50. The van der Waals surface area contributed by atoms with Gasteiger partial charge in [0.1, 0.15) is 11.5 Å². The Morgan fingerprint density at radius 1 is 0.870 bits per heavy atom. The number of benzene rings is 4. The van der Waals surface area contributed by atoms with Crippen LogP contribution in [0.1, 0.15) is 29.9 Å². The van der Waals surface area contributed by atoms with Gasteiger partial charge in [0.05, 0.1) is 51.6 Å². The van der Waals surface area contributed by atoms with E-state index in [-0.39, 0.29) is 45.7 Å². The summed E-state index contributed by atoms with van der Waals surface area (Å²) in [7, 11) is 1.51. The van der Waals surface area contributed by atoms with Crippen molar-refractivity contribution in [2.45, 2.75) is 24.2 Å². The number of carbonyl (C=O) groups is 4. The maximum atomic E-state index is 15.3. The zero-order chi connectivity index (χ0) is 38.2. The zero-order valence-corrected chi connectivity index (χ0v) is 30.5. The van der Waals surface area contributed by atoms with Crippen molar-refractivity contribution in [3.63, 3.8) is 0 Å². The second kappa shape index (κ2) is 13.2. The van der Waals surface area contributed by atoms with Crippen LogP contribution in [0.2, 0.25) is 15.1 Å². The number of amides is 4. The van der Waals surface area contributed by atoms with Crippen LogP contribution in [-0.2, 0) is 24.6 Å². The SMILES string of the molecule is COc1ccc(C23C(=O)N(Nc4ccc(Cl)cc4Cl)C(=O)C2CC2C(=CCC4C(=O)N(c5ccc([N+](=O)[O-])cc5)C(=O)C42)C3c2ccc(O)cc2Cl)cc1. The number of allylic oxidation sites excluding steroid dienone is 2. The number of hydrazine groups is 1. The molecule has 1 saturated carbocycles. The average molecular weight is 788 g/mol. The van der Waals surface area contributed by atoms with Gasteiger partial charge in [-0.1, -0.05) is 64.7 Å². The van der Waals surface area contributed by atoms with Crippen LogP contribution in [0.4, 0.5) is 17.1 Å². The monoisotopic (exact) mass is 786 g/mol. The number of nitro benzene ring substituents is 1.